The van der Waals surface area contributed by atoms with E-state index >= 15 is 0 Å². The second-order valence-electron chi connectivity index (χ2n) is 7.92. The summed E-state index contributed by atoms with van der Waals surface area (Å²) in [6.07, 6.45) is 0. The lowest BCUT2D eigenvalue weighted by Gasteiger charge is -1.93. The highest BCUT2D eigenvalue weighted by Gasteiger charge is 2.15. The summed E-state index contributed by atoms with van der Waals surface area (Å²) in [6, 6.07) is 21.7. The minimum absolute atomic E-state index is 0.933. The van der Waals surface area contributed by atoms with Crippen LogP contribution in [0.5, 0.6) is 0 Å². The number of furan rings is 2. The quantitative estimate of drug-likeness (QED) is 0.259. The number of aryl methyl sites for hydroxylation is 2. The van der Waals surface area contributed by atoms with Gasteiger partial charge < -0.3 is 8.83 Å². The van der Waals surface area contributed by atoms with Crippen LogP contribution in [0.25, 0.3) is 63.4 Å². The van der Waals surface area contributed by atoms with E-state index in [1.165, 1.54) is 39.7 Å². The Morgan fingerprint density at radius 1 is 0.548 bits per heavy atom. The molecule has 0 amide bonds. The summed E-state index contributed by atoms with van der Waals surface area (Å²) in [4.78, 5) is 4.94. The van der Waals surface area contributed by atoms with Crippen molar-refractivity contribution in [2.24, 2.45) is 0 Å². The summed E-state index contributed by atoms with van der Waals surface area (Å²) in [5.74, 6) is 1.89. The van der Waals surface area contributed by atoms with E-state index in [9.17, 15) is 0 Å². The van der Waals surface area contributed by atoms with E-state index in [2.05, 4.69) is 74.5 Å². The smallest absolute Gasteiger partial charge is 0.145 e. The summed E-state index contributed by atoms with van der Waals surface area (Å²) in [7, 11) is 0. The maximum absolute atomic E-state index is 6.24. The highest BCUT2D eigenvalue weighted by Crippen LogP contribution is 2.42. The highest BCUT2D eigenvalue weighted by molar-refractivity contribution is 7.26. The van der Waals surface area contributed by atoms with Gasteiger partial charge in [-0.05, 0) is 74.5 Å². The summed E-state index contributed by atoms with van der Waals surface area (Å²) in [6.45, 7) is 4.25. The standard InChI is InChI=1S/C26H16O2S3/c1-13-3-5-23(29-13)21-7-15-9-25-17(11-19(15)27-21)18-12-20-16(10-26(18)31-25)8-22(28-20)24-6-4-14(2)30-24/h3-12H,1-2H3. The molecule has 0 aliphatic heterocycles. The zero-order chi connectivity index (χ0) is 20.7. The van der Waals surface area contributed by atoms with Crippen molar-refractivity contribution in [3.63, 3.8) is 0 Å². The first-order valence-electron chi connectivity index (χ1n) is 10.1. The van der Waals surface area contributed by atoms with Crippen molar-refractivity contribution in [1.29, 1.82) is 0 Å². The molecule has 0 spiro atoms. The summed E-state index contributed by atoms with van der Waals surface area (Å²) < 4.78 is 15.0. The van der Waals surface area contributed by atoms with Crippen molar-refractivity contribution in [2.75, 3.05) is 0 Å². The number of benzene rings is 2. The molecule has 2 nitrogen and oxygen atoms in total. The van der Waals surface area contributed by atoms with Crippen LogP contribution in [0.1, 0.15) is 9.75 Å². The van der Waals surface area contributed by atoms with Crippen molar-refractivity contribution < 1.29 is 8.83 Å². The normalized spacial score (nSPS) is 12.2. The fraction of sp³-hybridized carbons (Fsp3) is 0.0769. The zero-order valence-electron chi connectivity index (χ0n) is 16.8. The van der Waals surface area contributed by atoms with Crippen LogP contribution in [0, 0.1) is 13.8 Å². The predicted molar refractivity (Wildman–Crippen MR) is 135 cm³/mol. The summed E-state index contributed by atoms with van der Waals surface area (Å²) >= 11 is 5.36. The molecule has 0 saturated carbocycles. The zero-order valence-corrected chi connectivity index (χ0v) is 19.3. The van der Waals surface area contributed by atoms with E-state index in [1.54, 1.807) is 22.7 Å². The predicted octanol–water partition coefficient (Wildman–Crippen LogP) is 9.62. The molecule has 2 aromatic carbocycles. The first-order valence-corrected chi connectivity index (χ1v) is 12.5. The highest BCUT2D eigenvalue weighted by atomic mass is 32.1. The molecule has 7 aromatic rings. The minimum atomic E-state index is 0.933. The SMILES string of the molecule is Cc1ccc(-c2cc3cc4sc5cc6cc(-c7ccc(C)s7)oc6cc5c4cc3o2)s1. The molecule has 5 aromatic heterocycles. The molecule has 31 heavy (non-hydrogen) atoms. The van der Waals surface area contributed by atoms with Crippen LogP contribution in [0.4, 0.5) is 0 Å². The Bertz CT molecular complexity index is 1640. The third-order valence-corrected chi connectivity index (χ3v) is 8.86. The lowest BCUT2D eigenvalue weighted by atomic mass is 10.1. The average Bonchev–Trinajstić information content (AvgIpc) is 3.54. The molecule has 0 aliphatic carbocycles. The van der Waals surface area contributed by atoms with Crippen LogP contribution < -0.4 is 0 Å². The molecule has 0 saturated heterocycles. The fourth-order valence-electron chi connectivity index (χ4n) is 4.22. The van der Waals surface area contributed by atoms with E-state index in [0.29, 0.717) is 0 Å². The van der Waals surface area contributed by atoms with Crippen molar-refractivity contribution in [2.45, 2.75) is 13.8 Å². The molecule has 0 aliphatic rings. The number of fused-ring (bicyclic) bond motifs is 5. The lowest BCUT2D eigenvalue weighted by Crippen LogP contribution is -1.68. The van der Waals surface area contributed by atoms with Gasteiger partial charge in [0, 0.05) is 40.7 Å². The van der Waals surface area contributed by atoms with Gasteiger partial charge in [0.25, 0.3) is 0 Å². The number of rotatable bonds is 2. The summed E-state index contributed by atoms with van der Waals surface area (Å²) in [5, 5.41) is 4.75. The van der Waals surface area contributed by atoms with Gasteiger partial charge in [-0.15, -0.1) is 34.0 Å². The molecule has 5 heterocycles. The summed E-state index contributed by atoms with van der Waals surface area (Å²) in [5.41, 5.74) is 1.87. The van der Waals surface area contributed by atoms with Gasteiger partial charge in [-0.2, -0.15) is 0 Å². The number of hydrogen-bond acceptors (Lipinski definition) is 5. The minimum Gasteiger partial charge on any atom is -0.455 e. The molecule has 0 atom stereocenters. The Labute approximate surface area is 190 Å². The van der Waals surface area contributed by atoms with E-state index in [4.69, 9.17) is 8.83 Å². The van der Waals surface area contributed by atoms with Gasteiger partial charge in [-0.25, -0.2) is 0 Å². The van der Waals surface area contributed by atoms with Crippen LogP contribution in [-0.4, -0.2) is 0 Å². The van der Waals surface area contributed by atoms with Gasteiger partial charge in [0.2, 0.25) is 0 Å². The van der Waals surface area contributed by atoms with Crippen molar-refractivity contribution >= 4 is 76.1 Å². The fourth-order valence-corrected chi connectivity index (χ4v) is 7.02. The Morgan fingerprint density at radius 2 is 1.03 bits per heavy atom. The third-order valence-electron chi connectivity index (χ3n) is 5.71. The monoisotopic (exact) mass is 456 g/mol. The van der Waals surface area contributed by atoms with Crippen LogP contribution in [-0.2, 0) is 0 Å². The van der Waals surface area contributed by atoms with Crippen LogP contribution >= 0.6 is 34.0 Å². The Balaban J connectivity index is 1.42. The van der Waals surface area contributed by atoms with E-state index < -0.39 is 0 Å². The van der Waals surface area contributed by atoms with Crippen LogP contribution in [0.3, 0.4) is 0 Å². The Morgan fingerprint density at radius 3 is 1.45 bits per heavy atom. The molecular formula is C26H16O2S3. The van der Waals surface area contributed by atoms with Gasteiger partial charge in [-0.3, -0.25) is 0 Å². The molecule has 0 radical (unpaired) electrons. The molecule has 7 rings (SSSR count). The maximum atomic E-state index is 6.24. The van der Waals surface area contributed by atoms with Gasteiger partial charge in [-0.1, -0.05) is 0 Å². The Kier molecular flexibility index (Phi) is 3.63. The molecule has 5 heteroatoms. The van der Waals surface area contributed by atoms with Gasteiger partial charge in [0.05, 0.1) is 9.75 Å². The molecule has 0 fully saturated rings. The van der Waals surface area contributed by atoms with E-state index in [-0.39, 0.29) is 0 Å². The Hall–Kier alpha value is -2.86. The van der Waals surface area contributed by atoms with Gasteiger partial charge in [0.1, 0.15) is 22.7 Å². The number of hydrogen-bond donors (Lipinski definition) is 0. The first kappa shape index (κ1) is 17.8. The van der Waals surface area contributed by atoms with E-state index in [0.717, 1.165) is 33.5 Å². The average molecular weight is 457 g/mol. The second-order valence-corrected chi connectivity index (χ2v) is 11.6. The molecule has 0 unspecified atom stereocenters. The molecule has 150 valence electrons. The topological polar surface area (TPSA) is 26.3 Å². The van der Waals surface area contributed by atoms with Crippen molar-refractivity contribution in [3.8, 4) is 21.3 Å². The first-order chi connectivity index (χ1) is 15.1. The molecule has 0 bridgehead atoms. The second kappa shape index (κ2) is 6.33. The van der Waals surface area contributed by atoms with Crippen LogP contribution in [0.2, 0.25) is 0 Å². The van der Waals surface area contributed by atoms with Gasteiger partial charge in [0.15, 0.2) is 0 Å². The van der Waals surface area contributed by atoms with Crippen LogP contribution in [0.15, 0.2) is 69.5 Å². The van der Waals surface area contributed by atoms with Crippen molar-refractivity contribution in [1.82, 2.24) is 0 Å². The largest absolute Gasteiger partial charge is 0.455 e. The third kappa shape index (κ3) is 2.74. The van der Waals surface area contributed by atoms with E-state index in [1.807, 2.05) is 11.3 Å². The lowest BCUT2D eigenvalue weighted by molar-refractivity contribution is 0.633. The van der Waals surface area contributed by atoms with Crippen molar-refractivity contribution in [3.05, 3.63) is 70.4 Å². The molecule has 0 N–H and O–H groups in total. The van der Waals surface area contributed by atoms with Gasteiger partial charge >= 0.3 is 0 Å². The molecular weight excluding hydrogens is 440 g/mol. The number of thiophene rings is 3. The maximum Gasteiger partial charge on any atom is 0.145 e.